The lowest BCUT2D eigenvalue weighted by atomic mass is 9.96. The second-order valence-corrected chi connectivity index (χ2v) is 11.9. The van der Waals surface area contributed by atoms with Gasteiger partial charge in [0.25, 0.3) is 0 Å². The van der Waals surface area contributed by atoms with Crippen LogP contribution < -0.4 is 5.73 Å². The van der Waals surface area contributed by atoms with Crippen LogP contribution in [0.2, 0.25) is 10.0 Å². The number of fused-ring (bicyclic) bond motifs is 1. The fraction of sp³-hybridized carbons (Fsp3) is 0.500. The zero-order valence-corrected chi connectivity index (χ0v) is 24.4. The number of halogens is 3. The molecule has 3 aliphatic rings. The molecule has 0 saturated carbocycles. The van der Waals surface area contributed by atoms with Crippen LogP contribution in [0.15, 0.2) is 57.9 Å². The van der Waals surface area contributed by atoms with Gasteiger partial charge in [-0.1, -0.05) is 59.6 Å². The minimum absolute atomic E-state index is 0.0537. The van der Waals surface area contributed by atoms with Crippen molar-refractivity contribution in [3.8, 4) is 0 Å². The van der Waals surface area contributed by atoms with Crippen LogP contribution in [0.1, 0.15) is 49.7 Å². The summed E-state index contributed by atoms with van der Waals surface area (Å²) in [6.07, 6.45) is 4.26. The van der Waals surface area contributed by atoms with Crippen LogP contribution in [-0.4, -0.2) is 71.0 Å². The van der Waals surface area contributed by atoms with E-state index < -0.39 is 11.9 Å². The maximum Gasteiger partial charge on any atom is 0.240 e. The van der Waals surface area contributed by atoms with E-state index in [9.17, 15) is 14.0 Å². The van der Waals surface area contributed by atoms with Crippen LogP contribution in [0.5, 0.6) is 0 Å². The Labute approximate surface area is 249 Å². The lowest BCUT2D eigenvalue weighted by Gasteiger charge is -2.32. The molecular formula is C30H35Cl2FN6O2. The van der Waals surface area contributed by atoms with E-state index in [2.05, 4.69) is 32.5 Å². The molecule has 41 heavy (non-hydrogen) atoms. The van der Waals surface area contributed by atoms with Gasteiger partial charge in [-0.3, -0.25) is 14.5 Å². The number of rotatable bonds is 11. The number of benzene rings is 2. The second-order valence-electron chi connectivity index (χ2n) is 11.1. The van der Waals surface area contributed by atoms with E-state index in [4.69, 9.17) is 28.9 Å². The highest BCUT2D eigenvalue weighted by molar-refractivity contribution is 6.42. The largest absolute Gasteiger partial charge is 0.331 e. The van der Waals surface area contributed by atoms with Crippen molar-refractivity contribution in [3.05, 3.63) is 69.5 Å². The molecule has 0 spiro atoms. The Morgan fingerprint density at radius 3 is 2.68 bits per heavy atom. The summed E-state index contributed by atoms with van der Waals surface area (Å²) in [5.74, 6) is -0.787. The molecule has 0 bridgehead atoms. The number of carbonyl (C=O) groups is 2. The fourth-order valence-corrected chi connectivity index (χ4v) is 6.57. The molecule has 8 nitrogen and oxygen atoms in total. The molecule has 3 aliphatic heterocycles. The molecule has 218 valence electrons. The molecule has 2 saturated heterocycles. The molecule has 2 aromatic rings. The van der Waals surface area contributed by atoms with E-state index in [1.165, 1.54) is 11.6 Å². The Bertz CT molecular complexity index is 1320. The third-order valence-corrected chi connectivity index (χ3v) is 9.22. The van der Waals surface area contributed by atoms with E-state index in [1.54, 1.807) is 11.0 Å². The van der Waals surface area contributed by atoms with E-state index >= 15 is 0 Å². The van der Waals surface area contributed by atoms with Crippen molar-refractivity contribution >= 4 is 40.6 Å². The van der Waals surface area contributed by atoms with Crippen LogP contribution in [0.25, 0.3) is 0 Å². The zero-order valence-electron chi connectivity index (χ0n) is 22.9. The number of hydrogen-bond donors (Lipinski definition) is 1. The van der Waals surface area contributed by atoms with Crippen LogP contribution in [-0.2, 0) is 22.4 Å². The van der Waals surface area contributed by atoms with Gasteiger partial charge in [-0.2, -0.15) is 5.11 Å². The molecule has 0 aliphatic carbocycles. The molecule has 4 atom stereocenters. The SMILES string of the molecule is N[C@@H]1C[C@H]2C(=O)N([C@H](CCC3=NN=NC3)C(=O)CCc3ccc(Cl)c(Cl)c3F)CCC(CCc3ccccc3)N2C1. The van der Waals surface area contributed by atoms with Gasteiger partial charge in [0.05, 0.1) is 27.8 Å². The molecule has 0 radical (unpaired) electrons. The Morgan fingerprint density at radius 1 is 1.12 bits per heavy atom. The number of carbonyl (C=O) groups excluding carboxylic acids is 2. The van der Waals surface area contributed by atoms with E-state index in [-0.39, 0.29) is 52.7 Å². The molecule has 2 aromatic carbocycles. The molecule has 11 heteroatoms. The summed E-state index contributed by atoms with van der Waals surface area (Å²) in [4.78, 5) is 31.9. The number of hydrogen-bond acceptors (Lipinski definition) is 7. The second kappa shape index (κ2) is 13.5. The van der Waals surface area contributed by atoms with Crippen molar-refractivity contribution in [2.75, 3.05) is 19.6 Å². The quantitative estimate of drug-likeness (QED) is 0.356. The van der Waals surface area contributed by atoms with Gasteiger partial charge in [0.1, 0.15) is 12.4 Å². The van der Waals surface area contributed by atoms with Crippen LogP contribution in [0.3, 0.4) is 0 Å². The normalized spacial score (nSPS) is 23.4. The summed E-state index contributed by atoms with van der Waals surface area (Å²) in [5, 5.41) is 11.6. The van der Waals surface area contributed by atoms with Crippen molar-refractivity contribution in [3.63, 3.8) is 0 Å². The number of nitrogens with two attached hydrogens (primary N) is 1. The Kier molecular flexibility index (Phi) is 9.80. The predicted octanol–water partition coefficient (Wildman–Crippen LogP) is 5.24. The van der Waals surface area contributed by atoms with Gasteiger partial charge in [-0.25, -0.2) is 4.39 Å². The third-order valence-electron chi connectivity index (χ3n) is 8.43. The monoisotopic (exact) mass is 600 g/mol. The number of nitrogens with zero attached hydrogens (tertiary/aromatic N) is 5. The topological polar surface area (TPSA) is 104 Å². The first-order valence-corrected chi connectivity index (χ1v) is 15.0. The Balaban J connectivity index is 1.34. The summed E-state index contributed by atoms with van der Waals surface area (Å²) in [5.41, 5.74) is 8.74. The first-order valence-electron chi connectivity index (χ1n) is 14.2. The lowest BCUT2D eigenvalue weighted by molar-refractivity contribution is -0.142. The van der Waals surface area contributed by atoms with E-state index in [0.717, 1.165) is 25.0 Å². The van der Waals surface area contributed by atoms with Gasteiger partial charge in [-0.15, -0.1) is 5.10 Å². The standard InChI is InChI=1S/C30H35Cl2FN6O2/c31-24-11-7-20(29(33)28(24)32)8-13-27(40)25(12-9-22-17-35-37-36-22)38-15-14-23(10-6-19-4-2-1-3-5-19)39-18-21(34)16-26(39)30(38)41/h1-5,7,11,21,23,25-26H,6,8-10,12-18,34H2/t21-,23?,25-,26+/m1/s1. The summed E-state index contributed by atoms with van der Waals surface area (Å²) >= 11 is 11.9. The van der Waals surface area contributed by atoms with Crippen molar-refractivity contribution in [2.45, 2.75) is 75.5 Å². The molecule has 2 fully saturated rings. The maximum atomic E-state index is 14.7. The molecule has 1 amide bonds. The first kappa shape index (κ1) is 29.8. The number of Topliss-reactive ketones (excluding diaryl/α,β-unsaturated/α-hetero) is 1. The van der Waals surface area contributed by atoms with Crippen LogP contribution in [0.4, 0.5) is 4.39 Å². The van der Waals surface area contributed by atoms with Gasteiger partial charge in [0, 0.05) is 31.6 Å². The van der Waals surface area contributed by atoms with Crippen molar-refractivity contribution < 1.29 is 14.0 Å². The summed E-state index contributed by atoms with van der Waals surface area (Å²) in [7, 11) is 0. The first-order chi connectivity index (χ1) is 19.8. The zero-order chi connectivity index (χ0) is 28.9. The fourth-order valence-electron chi connectivity index (χ4n) is 6.24. The van der Waals surface area contributed by atoms with E-state index in [0.29, 0.717) is 44.5 Å². The molecule has 1 unspecified atom stereocenters. The van der Waals surface area contributed by atoms with Crippen molar-refractivity contribution in [2.24, 2.45) is 21.2 Å². The summed E-state index contributed by atoms with van der Waals surface area (Å²) < 4.78 is 14.7. The number of amides is 1. The molecule has 2 N–H and O–H groups in total. The van der Waals surface area contributed by atoms with E-state index in [1.807, 2.05) is 18.2 Å². The smallest absolute Gasteiger partial charge is 0.240 e. The molecular weight excluding hydrogens is 566 g/mol. The highest BCUT2D eigenvalue weighted by Crippen LogP contribution is 2.32. The number of ketones is 1. The highest BCUT2D eigenvalue weighted by Gasteiger charge is 2.45. The van der Waals surface area contributed by atoms with Crippen LogP contribution >= 0.6 is 23.2 Å². The predicted molar refractivity (Wildman–Crippen MR) is 158 cm³/mol. The van der Waals surface area contributed by atoms with Gasteiger partial charge < -0.3 is 10.6 Å². The Morgan fingerprint density at radius 2 is 1.93 bits per heavy atom. The molecule has 3 heterocycles. The van der Waals surface area contributed by atoms with Gasteiger partial charge >= 0.3 is 0 Å². The van der Waals surface area contributed by atoms with Gasteiger partial charge in [-0.05, 0) is 67.4 Å². The number of aryl methyl sites for hydroxylation is 2. The summed E-state index contributed by atoms with van der Waals surface area (Å²) in [6, 6.07) is 12.5. The third kappa shape index (κ3) is 7.02. The minimum Gasteiger partial charge on any atom is -0.331 e. The highest BCUT2D eigenvalue weighted by atomic mass is 35.5. The average Bonchev–Trinajstić information content (AvgIpc) is 3.62. The minimum atomic E-state index is -0.664. The molecule has 0 aromatic heterocycles. The molecule has 5 rings (SSSR count). The van der Waals surface area contributed by atoms with Crippen molar-refractivity contribution in [1.82, 2.24) is 9.80 Å². The van der Waals surface area contributed by atoms with Gasteiger partial charge in [0.15, 0.2) is 5.78 Å². The van der Waals surface area contributed by atoms with Crippen LogP contribution in [0, 0.1) is 5.82 Å². The van der Waals surface area contributed by atoms with Crippen molar-refractivity contribution in [1.29, 1.82) is 0 Å². The average molecular weight is 602 g/mol. The lowest BCUT2D eigenvalue weighted by Crippen LogP contribution is -2.50. The summed E-state index contributed by atoms with van der Waals surface area (Å²) in [6.45, 7) is 1.54. The van der Waals surface area contributed by atoms with Gasteiger partial charge in [0.2, 0.25) is 5.91 Å². The maximum absolute atomic E-state index is 14.7. The Hall–Kier alpha value is -2.72.